The Labute approximate surface area is 59.4 Å². The lowest BCUT2D eigenvalue weighted by Gasteiger charge is -1.87. The summed E-state index contributed by atoms with van der Waals surface area (Å²) in [6.07, 6.45) is 2.10. The molecule has 0 aliphatic heterocycles. The molecule has 0 unspecified atom stereocenters. The molecule has 0 saturated heterocycles. The second-order valence-corrected chi connectivity index (χ2v) is 1.77. The predicted molar refractivity (Wildman–Crippen MR) is 35.1 cm³/mol. The van der Waals surface area contributed by atoms with Crippen molar-refractivity contribution in [1.82, 2.24) is 0 Å². The summed E-state index contributed by atoms with van der Waals surface area (Å²) in [5.74, 6) is 1.75. The summed E-state index contributed by atoms with van der Waals surface area (Å²) < 4.78 is 4.47. The lowest BCUT2D eigenvalue weighted by atomic mass is 10.5. The molecule has 3 heteroatoms. The minimum atomic E-state index is -0.274. The standard InChI is InChI=1S/C7H8O3/c1-6(8)3-4-10-5-7(2)9/h5H2,1-2H3. The lowest BCUT2D eigenvalue weighted by Crippen LogP contribution is -1.99. The van der Waals surface area contributed by atoms with Crippen molar-refractivity contribution in [2.24, 2.45) is 0 Å². The first-order valence-electron chi connectivity index (χ1n) is 2.75. The SMILES string of the molecule is CC(=O)C#COCC(C)=O. The fourth-order valence-corrected chi connectivity index (χ4v) is 0.246. The van der Waals surface area contributed by atoms with Gasteiger partial charge in [0.05, 0.1) is 0 Å². The Hall–Kier alpha value is -1.30. The van der Waals surface area contributed by atoms with E-state index in [0.717, 1.165) is 0 Å². The fraction of sp³-hybridized carbons (Fsp3) is 0.429. The Morgan fingerprint density at radius 3 is 2.40 bits per heavy atom. The monoisotopic (exact) mass is 140 g/mol. The molecule has 0 aromatic rings. The van der Waals surface area contributed by atoms with E-state index in [4.69, 9.17) is 0 Å². The van der Waals surface area contributed by atoms with Crippen LogP contribution in [0.15, 0.2) is 0 Å². The van der Waals surface area contributed by atoms with Gasteiger partial charge in [0.15, 0.2) is 12.4 Å². The molecule has 0 atom stereocenters. The Kier molecular flexibility index (Phi) is 3.97. The van der Waals surface area contributed by atoms with Crippen molar-refractivity contribution in [1.29, 1.82) is 0 Å². The third kappa shape index (κ3) is 6.70. The van der Waals surface area contributed by atoms with Crippen molar-refractivity contribution >= 4 is 11.6 Å². The van der Waals surface area contributed by atoms with E-state index in [1.54, 1.807) is 0 Å². The number of Topliss-reactive ketones (excluding diaryl/α,β-unsaturated/α-hetero) is 2. The molecule has 0 bridgehead atoms. The fourth-order valence-electron chi connectivity index (χ4n) is 0.246. The third-order valence-corrected chi connectivity index (χ3v) is 0.575. The van der Waals surface area contributed by atoms with Crippen LogP contribution in [0.25, 0.3) is 0 Å². The van der Waals surface area contributed by atoms with E-state index in [-0.39, 0.29) is 18.2 Å². The maximum absolute atomic E-state index is 10.2. The van der Waals surface area contributed by atoms with Gasteiger partial charge < -0.3 is 4.74 Å². The van der Waals surface area contributed by atoms with E-state index < -0.39 is 0 Å². The van der Waals surface area contributed by atoms with Crippen molar-refractivity contribution in [2.45, 2.75) is 13.8 Å². The molecule has 0 spiro atoms. The molecule has 0 N–H and O–H groups in total. The maximum Gasteiger partial charge on any atom is 0.205 e. The molecule has 0 radical (unpaired) electrons. The molecule has 54 valence electrons. The molecule has 0 amide bonds. The molecule has 0 aliphatic carbocycles. The topological polar surface area (TPSA) is 43.4 Å². The summed E-state index contributed by atoms with van der Waals surface area (Å²) in [4.78, 5) is 20.4. The molecule has 0 heterocycles. The van der Waals surface area contributed by atoms with E-state index >= 15 is 0 Å². The molecule has 3 nitrogen and oxygen atoms in total. The van der Waals surface area contributed by atoms with Crippen LogP contribution in [0.5, 0.6) is 0 Å². The predicted octanol–water partition coefficient (Wildman–Crippen LogP) is 0.142. The van der Waals surface area contributed by atoms with Crippen LogP contribution in [-0.2, 0) is 14.3 Å². The van der Waals surface area contributed by atoms with Gasteiger partial charge in [-0.25, -0.2) is 0 Å². The highest BCUT2D eigenvalue weighted by Gasteiger charge is 1.88. The minimum Gasteiger partial charge on any atom is -0.438 e. The Balaban J connectivity index is 3.48. The zero-order valence-corrected chi connectivity index (χ0v) is 5.93. The zero-order valence-electron chi connectivity index (χ0n) is 5.93. The second-order valence-electron chi connectivity index (χ2n) is 1.77. The van der Waals surface area contributed by atoms with Crippen LogP contribution in [-0.4, -0.2) is 18.2 Å². The van der Waals surface area contributed by atoms with Crippen LogP contribution in [0, 0.1) is 12.0 Å². The van der Waals surface area contributed by atoms with Crippen LogP contribution in [0.2, 0.25) is 0 Å². The Bertz CT molecular complexity index is 195. The summed E-state index contributed by atoms with van der Waals surface area (Å²) in [6, 6.07) is 0. The van der Waals surface area contributed by atoms with Gasteiger partial charge in [-0.05, 0) is 6.92 Å². The number of hydrogen-bond donors (Lipinski definition) is 0. The summed E-state index contributed by atoms with van der Waals surface area (Å²) in [6.45, 7) is 2.65. The highest BCUT2D eigenvalue weighted by Crippen LogP contribution is 1.72. The molecule has 0 rings (SSSR count). The van der Waals surface area contributed by atoms with Gasteiger partial charge >= 0.3 is 0 Å². The molecular formula is C7H8O3. The Morgan fingerprint density at radius 1 is 1.40 bits per heavy atom. The molecule has 0 aromatic carbocycles. The first kappa shape index (κ1) is 8.70. The van der Waals surface area contributed by atoms with E-state index in [1.165, 1.54) is 13.8 Å². The van der Waals surface area contributed by atoms with Gasteiger partial charge in [0.2, 0.25) is 5.78 Å². The van der Waals surface area contributed by atoms with Crippen LogP contribution in [0.1, 0.15) is 13.8 Å². The molecule has 10 heavy (non-hydrogen) atoms. The van der Waals surface area contributed by atoms with Gasteiger partial charge in [-0.1, -0.05) is 0 Å². The highest BCUT2D eigenvalue weighted by molar-refractivity contribution is 5.93. The maximum atomic E-state index is 10.2. The quantitative estimate of drug-likeness (QED) is 0.512. The van der Waals surface area contributed by atoms with Crippen molar-refractivity contribution in [3.05, 3.63) is 0 Å². The van der Waals surface area contributed by atoms with Gasteiger partial charge in [0.25, 0.3) is 0 Å². The minimum absolute atomic E-state index is 0.0553. The summed E-state index contributed by atoms with van der Waals surface area (Å²) in [7, 11) is 0. The number of ketones is 2. The van der Waals surface area contributed by atoms with Gasteiger partial charge in [-0.15, -0.1) is 0 Å². The number of hydrogen-bond acceptors (Lipinski definition) is 3. The lowest BCUT2D eigenvalue weighted by molar-refractivity contribution is -0.119. The summed E-state index contributed by atoms with van der Waals surface area (Å²) >= 11 is 0. The number of carbonyl (C=O) groups excluding carboxylic acids is 2. The molecule has 0 saturated carbocycles. The van der Waals surface area contributed by atoms with Gasteiger partial charge in [-0.3, -0.25) is 9.59 Å². The summed E-state index contributed by atoms with van der Waals surface area (Å²) in [5, 5.41) is 0. The van der Waals surface area contributed by atoms with E-state index in [0.29, 0.717) is 0 Å². The van der Waals surface area contributed by atoms with E-state index in [2.05, 4.69) is 16.8 Å². The van der Waals surface area contributed by atoms with Crippen LogP contribution in [0.4, 0.5) is 0 Å². The Morgan fingerprint density at radius 2 is 2.00 bits per heavy atom. The van der Waals surface area contributed by atoms with E-state index in [1.807, 2.05) is 0 Å². The van der Waals surface area contributed by atoms with Crippen molar-refractivity contribution in [3.8, 4) is 12.0 Å². The first-order valence-corrected chi connectivity index (χ1v) is 2.75. The van der Waals surface area contributed by atoms with Crippen molar-refractivity contribution in [2.75, 3.05) is 6.61 Å². The number of ether oxygens (including phenoxy) is 1. The van der Waals surface area contributed by atoms with E-state index in [9.17, 15) is 9.59 Å². The first-order chi connectivity index (χ1) is 4.63. The van der Waals surface area contributed by atoms with Gasteiger partial charge in [-0.2, -0.15) is 0 Å². The molecule has 0 aromatic heterocycles. The number of rotatable bonds is 2. The van der Waals surface area contributed by atoms with Crippen molar-refractivity contribution < 1.29 is 14.3 Å². The number of carbonyl (C=O) groups is 2. The smallest absolute Gasteiger partial charge is 0.205 e. The molecule has 0 aliphatic rings. The van der Waals surface area contributed by atoms with Gasteiger partial charge in [0, 0.05) is 12.8 Å². The molecular weight excluding hydrogens is 132 g/mol. The van der Waals surface area contributed by atoms with Crippen molar-refractivity contribution in [3.63, 3.8) is 0 Å². The van der Waals surface area contributed by atoms with Gasteiger partial charge in [0.1, 0.15) is 6.11 Å². The average molecular weight is 140 g/mol. The van der Waals surface area contributed by atoms with Crippen LogP contribution >= 0.6 is 0 Å². The normalized spacial score (nSPS) is 7.40. The zero-order chi connectivity index (χ0) is 7.98. The third-order valence-electron chi connectivity index (χ3n) is 0.575. The van der Waals surface area contributed by atoms with Crippen LogP contribution in [0.3, 0.4) is 0 Å². The van der Waals surface area contributed by atoms with Crippen LogP contribution < -0.4 is 0 Å². The second kappa shape index (κ2) is 4.57. The highest BCUT2D eigenvalue weighted by atomic mass is 16.5. The average Bonchev–Trinajstić information content (AvgIpc) is 1.79. The molecule has 0 fully saturated rings. The largest absolute Gasteiger partial charge is 0.438 e. The summed E-state index contributed by atoms with van der Waals surface area (Å²) in [5.41, 5.74) is 0.